The lowest BCUT2D eigenvalue weighted by atomic mass is 9.87. The number of carbonyl (C=O) groups excluding carboxylic acids is 1. The van der Waals surface area contributed by atoms with Crippen molar-refractivity contribution in [3.63, 3.8) is 0 Å². The van der Waals surface area contributed by atoms with Crippen molar-refractivity contribution in [2.24, 2.45) is 0 Å². The molecule has 2 aromatic rings. The molecule has 0 saturated carbocycles. The number of methoxy groups -OCH3 is 1. The highest BCUT2D eigenvalue weighted by Crippen LogP contribution is 2.41. The lowest BCUT2D eigenvalue weighted by molar-refractivity contribution is -0.266. The molecule has 0 saturated heterocycles. The van der Waals surface area contributed by atoms with E-state index in [1.165, 1.54) is 31.4 Å². The third-order valence-electron chi connectivity index (χ3n) is 3.73. The normalized spacial score (nSPS) is 14.3. The standard InChI is InChI=1S/C19H17F3O3/c1-25-17-11-8-14(9-12-17)7-10-16(23)13-18(24,19(20,21)22)15-5-3-2-4-6-15/h2-12,24H,13H2,1H3/b10-7+/t18-/m1/s1. The summed E-state index contributed by atoms with van der Waals surface area (Å²) in [5, 5.41) is 10.2. The Balaban J connectivity index is 2.18. The van der Waals surface area contributed by atoms with Crippen molar-refractivity contribution >= 4 is 11.9 Å². The summed E-state index contributed by atoms with van der Waals surface area (Å²) in [5.41, 5.74) is -2.96. The highest BCUT2D eigenvalue weighted by Gasteiger charge is 2.55. The second kappa shape index (κ2) is 7.53. The van der Waals surface area contributed by atoms with Crippen LogP contribution in [0, 0.1) is 0 Å². The average Bonchev–Trinajstić information content (AvgIpc) is 2.60. The fourth-order valence-corrected chi connectivity index (χ4v) is 2.30. The van der Waals surface area contributed by atoms with Crippen LogP contribution in [-0.4, -0.2) is 24.2 Å². The van der Waals surface area contributed by atoms with Gasteiger partial charge in [0.05, 0.1) is 13.5 Å². The van der Waals surface area contributed by atoms with Crippen LogP contribution in [0.15, 0.2) is 60.7 Å². The predicted molar refractivity (Wildman–Crippen MR) is 88.0 cm³/mol. The largest absolute Gasteiger partial charge is 0.497 e. The van der Waals surface area contributed by atoms with Crippen LogP contribution in [0.25, 0.3) is 6.08 Å². The molecule has 1 atom stereocenters. The second-order valence-electron chi connectivity index (χ2n) is 5.47. The number of aliphatic hydroxyl groups is 1. The molecule has 0 bridgehead atoms. The fourth-order valence-electron chi connectivity index (χ4n) is 2.30. The maximum atomic E-state index is 13.4. The van der Waals surface area contributed by atoms with Crippen LogP contribution in [0.2, 0.25) is 0 Å². The van der Waals surface area contributed by atoms with Crippen molar-refractivity contribution in [2.75, 3.05) is 7.11 Å². The first-order chi connectivity index (χ1) is 11.8. The van der Waals surface area contributed by atoms with Gasteiger partial charge in [-0.15, -0.1) is 0 Å². The van der Waals surface area contributed by atoms with Crippen LogP contribution in [0.3, 0.4) is 0 Å². The molecule has 0 aromatic heterocycles. The third-order valence-corrected chi connectivity index (χ3v) is 3.73. The zero-order valence-corrected chi connectivity index (χ0v) is 13.5. The third kappa shape index (κ3) is 4.48. The molecule has 2 aromatic carbocycles. The van der Waals surface area contributed by atoms with E-state index in [0.717, 1.165) is 18.2 Å². The molecule has 25 heavy (non-hydrogen) atoms. The summed E-state index contributed by atoms with van der Waals surface area (Å²) < 4.78 is 45.1. The Morgan fingerprint density at radius 2 is 1.68 bits per heavy atom. The van der Waals surface area contributed by atoms with Crippen molar-refractivity contribution < 1.29 is 27.8 Å². The van der Waals surface area contributed by atoms with E-state index in [-0.39, 0.29) is 5.56 Å². The Morgan fingerprint density at radius 3 is 2.20 bits per heavy atom. The summed E-state index contributed by atoms with van der Waals surface area (Å²) >= 11 is 0. The van der Waals surface area contributed by atoms with Crippen molar-refractivity contribution in [3.05, 3.63) is 71.8 Å². The minimum absolute atomic E-state index is 0.367. The van der Waals surface area contributed by atoms with Crippen LogP contribution < -0.4 is 4.74 Å². The molecule has 0 fully saturated rings. The van der Waals surface area contributed by atoms with E-state index in [1.807, 2.05) is 0 Å². The van der Waals surface area contributed by atoms with E-state index in [0.29, 0.717) is 11.3 Å². The van der Waals surface area contributed by atoms with E-state index >= 15 is 0 Å². The van der Waals surface area contributed by atoms with Gasteiger partial charge in [0, 0.05) is 0 Å². The molecule has 0 heterocycles. The molecule has 0 aliphatic heterocycles. The molecule has 2 rings (SSSR count). The van der Waals surface area contributed by atoms with E-state index in [2.05, 4.69) is 0 Å². The van der Waals surface area contributed by atoms with Gasteiger partial charge < -0.3 is 9.84 Å². The summed E-state index contributed by atoms with van der Waals surface area (Å²) in [5.74, 6) is -0.210. The average molecular weight is 350 g/mol. The summed E-state index contributed by atoms with van der Waals surface area (Å²) in [4.78, 5) is 12.0. The lowest BCUT2D eigenvalue weighted by Crippen LogP contribution is -2.43. The van der Waals surface area contributed by atoms with Gasteiger partial charge in [0.25, 0.3) is 0 Å². The first kappa shape index (κ1) is 18.7. The summed E-state index contributed by atoms with van der Waals surface area (Å²) in [6.07, 6.45) is -3.64. The zero-order valence-electron chi connectivity index (χ0n) is 13.5. The van der Waals surface area contributed by atoms with Crippen LogP contribution in [0.5, 0.6) is 5.75 Å². The van der Waals surface area contributed by atoms with Gasteiger partial charge in [-0.3, -0.25) is 4.79 Å². The quantitative estimate of drug-likeness (QED) is 0.798. The molecule has 3 nitrogen and oxygen atoms in total. The van der Waals surface area contributed by atoms with E-state index < -0.39 is 24.0 Å². The molecule has 0 radical (unpaired) electrons. The topological polar surface area (TPSA) is 46.5 Å². The number of hydrogen-bond acceptors (Lipinski definition) is 3. The summed E-state index contributed by atoms with van der Waals surface area (Å²) in [7, 11) is 1.51. The fraction of sp³-hybridized carbons (Fsp3) is 0.211. The van der Waals surface area contributed by atoms with Crippen LogP contribution in [0.4, 0.5) is 13.2 Å². The van der Waals surface area contributed by atoms with Gasteiger partial charge >= 0.3 is 6.18 Å². The van der Waals surface area contributed by atoms with Crippen molar-refractivity contribution in [3.8, 4) is 5.75 Å². The predicted octanol–water partition coefficient (Wildman–Crippen LogP) is 4.12. The van der Waals surface area contributed by atoms with Crippen LogP contribution >= 0.6 is 0 Å². The van der Waals surface area contributed by atoms with Gasteiger partial charge in [-0.1, -0.05) is 48.5 Å². The maximum Gasteiger partial charge on any atom is 0.421 e. The minimum Gasteiger partial charge on any atom is -0.497 e. The summed E-state index contributed by atoms with van der Waals surface area (Å²) in [6.45, 7) is 0. The van der Waals surface area contributed by atoms with Crippen molar-refractivity contribution in [1.82, 2.24) is 0 Å². The van der Waals surface area contributed by atoms with Gasteiger partial charge in [-0.25, -0.2) is 0 Å². The monoisotopic (exact) mass is 350 g/mol. The molecule has 0 spiro atoms. The summed E-state index contributed by atoms with van der Waals surface area (Å²) in [6, 6.07) is 13.2. The molecule has 0 amide bonds. The number of allylic oxidation sites excluding steroid dienone is 1. The molecular weight excluding hydrogens is 333 g/mol. The molecule has 0 aliphatic carbocycles. The number of ketones is 1. The highest BCUT2D eigenvalue weighted by molar-refractivity contribution is 5.94. The number of ether oxygens (including phenoxy) is 1. The van der Waals surface area contributed by atoms with E-state index in [1.54, 1.807) is 24.3 Å². The van der Waals surface area contributed by atoms with Crippen LogP contribution in [0.1, 0.15) is 17.5 Å². The SMILES string of the molecule is COc1ccc(/C=C/C(=O)C[C@@](O)(c2ccccc2)C(F)(F)F)cc1. The minimum atomic E-state index is -4.97. The second-order valence-corrected chi connectivity index (χ2v) is 5.47. The van der Waals surface area contributed by atoms with Gasteiger partial charge in [-0.05, 0) is 29.3 Å². The number of benzene rings is 2. The first-order valence-corrected chi connectivity index (χ1v) is 7.46. The van der Waals surface area contributed by atoms with Crippen molar-refractivity contribution in [1.29, 1.82) is 0 Å². The van der Waals surface area contributed by atoms with E-state index in [4.69, 9.17) is 4.74 Å². The number of carbonyl (C=O) groups is 1. The molecule has 132 valence electrons. The molecule has 0 unspecified atom stereocenters. The van der Waals surface area contributed by atoms with Crippen molar-refractivity contribution in [2.45, 2.75) is 18.2 Å². The maximum absolute atomic E-state index is 13.4. The van der Waals surface area contributed by atoms with E-state index in [9.17, 15) is 23.1 Å². The molecule has 0 aliphatic rings. The lowest BCUT2D eigenvalue weighted by Gasteiger charge is -2.30. The number of alkyl halides is 3. The first-order valence-electron chi connectivity index (χ1n) is 7.46. The van der Waals surface area contributed by atoms with Crippen LogP contribution in [-0.2, 0) is 10.4 Å². The number of halogens is 3. The highest BCUT2D eigenvalue weighted by atomic mass is 19.4. The Labute approximate surface area is 143 Å². The Morgan fingerprint density at radius 1 is 1.08 bits per heavy atom. The zero-order chi connectivity index (χ0) is 18.5. The Hall–Kier alpha value is -2.60. The molecule has 6 heteroatoms. The van der Waals surface area contributed by atoms with Gasteiger partial charge in [0.15, 0.2) is 11.4 Å². The molecule has 1 N–H and O–H groups in total. The number of hydrogen-bond donors (Lipinski definition) is 1. The van der Waals surface area contributed by atoms with Gasteiger partial charge in [0.1, 0.15) is 5.75 Å². The smallest absolute Gasteiger partial charge is 0.421 e. The van der Waals surface area contributed by atoms with Gasteiger partial charge in [-0.2, -0.15) is 13.2 Å². The number of rotatable bonds is 6. The Kier molecular flexibility index (Phi) is 5.64. The van der Waals surface area contributed by atoms with Gasteiger partial charge in [0.2, 0.25) is 0 Å². The molecular formula is C19H17F3O3. The Bertz CT molecular complexity index is 737.